The van der Waals surface area contributed by atoms with Crippen molar-refractivity contribution < 1.29 is 13.2 Å². The molecule has 3 heterocycles. The zero-order chi connectivity index (χ0) is 18.1. The first-order chi connectivity index (χ1) is 12.6. The number of anilines is 1. The third kappa shape index (κ3) is 2.94. The first kappa shape index (κ1) is 16.6. The van der Waals surface area contributed by atoms with Gasteiger partial charge in [-0.25, -0.2) is 4.68 Å². The molecule has 1 aromatic carbocycles. The summed E-state index contributed by atoms with van der Waals surface area (Å²) in [5.41, 5.74) is 1.53. The number of pyridine rings is 1. The third-order valence-corrected chi connectivity index (χ3v) is 4.47. The second-order valence-corrected chi connectivity index (χ2v) is 6.20. The number of aromatic nitrogens is 3. The van der Waals surface area contributed by atoms with Gasteiger partial charge in [-0.3, -0.25) is 4.98 Å². The van der Waals surface area contributed by atoms with E-state index in [2.05, 4.69) is 15.4 Å². The normalized spacial score (nSPS) is 14.4. The van der Waals surface area contributed by atoms with Crippen molar-refractivity contribution in [3.05, 3.63) is 59.8 Å². The summed E-state index contributed by atoms with van der Waals surface area (Å²) in [6, 6.07) is 11.0. The molecule has 0 unspecified atom stereocenters. The molecule has 4 rings (SSSR count). The molecule has 2 aromatic heterocycles. The van der Waals surface area contributed by atoms with Gasteiger partial charge in [-0.15, -0.1) is 0 Å². The fraction of sp³-hybridized carbons (Fsp3) is 0.263. The van der Waals surface area contributed by atoms with Gasteiger partial charge >= 0.3 is 6.18 Å². The van der Waals surface area contributed by atoms with Crippen molar-refractivity contribution in [3.8, 4) is 17.1 Å². The van der Waals surface area contributed by atoms with Crippen LogP contribution >= 0.6 is 0 Å². The van der Waals surface area contributed by atoms with Gasteiger partial charge < -0.3 is 5.32 Å². The first-order valence-corrected chi connectivity index (χ1v) is 8.49. The number of benzene rings is 1. The van der Waals surface area contributed by atoms with Crippen molar-refractivity contribution >= 4 is 5.82 Å². The number of halogens is 3. The monoisotopic (exact) mass is 358 g/mol. The molecule has 0 saturated carbocycles. The quantitative estimate of drug-likeness (QED) is 0.722. The number of hydrogen-bond acceptors (Lipinski definition) is 3. The summed E-state index contributed by atoms with van der Waals surface area (Å²) in [5, 5.41) is 7.81. The summed E-state index contributed by atoms with van der Waals surface area (Å²) in [6.07, 6.45) is -0.133. The number of nitrogens with zero attached hydrogens (tertiary/aromatic N) is 3. The molecule has 3 aromatic rings. The van der Waals surface area contributed by atoms with E-state index in [4.69, 9.17) is 0 Å². The number of nitrogens with one attached hydrogen (secondary N) is 1. The lowest BCUT2D eigenvalue weighted by Gasteiger charge is -2.15. The highest BCUT2D eigenvalue weighted by atomic mass is 19.4. The molecule has 1 aliphatic heterocycles. The van der Waals surface area contributed by atoms with Crippen molar-refractivity contribution in [2.24, 2.45) is 0 Å². The molecule has 0 radical (unpaired) electrons. The SMILES string of the molecule is FC(F)(F)c1ccccc1-n1nc(-c2ccccn2)c2c1NCCCC2. The van der Waals surface area contributed by atoms with Gasteiger partial charge in [0, 0.05) is 18.3 Å². The van der Waals surface area contributed by atoms with Crippen LogP contribution in [0.1, 0.15) is 24.0 Å². The van der Waals surface area contributed by atoms with Crippen LogP contribution in [0.5, 0.6) is 0 Å². The Balaban J connectivity index is 1.95. The average Bonchev–Trinajstić information content (AvgIpc) is 2.83. The summed E-state index contributed by atoms with van der Waals surface area (Å²) in [7, 11) is 0. The maximum absolute atomic E-state index is 13.5. The summed E-state index contributed by atoms with van der Waals surface area (Å²) >= 11 is 0. The highest BCUT2D eigenvalue weighted by Gasteiger charge is 2.35. The van der Waals surface area contributed by atoms with Crippen LogP contribution in [0.15, 0.2) is 48.7 Å². The van der Waals surface area contributed by atoms with Gasteiger partial charge in [-0.05, 0) is 43.5 Å². The Kier molecular flexibility index (Phi) is 4.14. The minimum Gasteiger partial charge on any atom is -0.370 e. The lowest BCUT2D eigenvalue weighted by atomic mass is 10.1. The lowest BCUT2D eigenvalue weighted by molar-refractivity contribution is -0.137. The van der Waals surface area contributed by atoms with E-state index < -0.39 is 11.7 Å². The molecule has 7 heteroatoms. The third-order valence-electron chi connectivity index (χ3n) is 4.47. The van der Waals surface area contributed by atoms with Crippen molar-refractivity contribution in [1.29, 1.82) is 0 Å². The Morgan fingerprint density at radius 3 is 2.58 bits per heavy atom. The van der Waals surface area contributed by atoms with Crippen LogP contribution in [0, 0.1) is 0 Å². The van der Waals surface area contributed by atoms with Crippen LogP contribution < -0.4 is 5.32 Å². The van der Waals surface area contributed by atoms with Crippen LogP contribution in [0.3, 0.4) is 0 Å². The Hall–Kier alpha value is -2.83. The van der Waals surface area contributed by atoms with Crippen molar-refractivity contribution in [2.45, 2.75) is 25.4 Å². The standard InChI is InChI=1S/C19H17F3N4/c20-19(21,22)14-8-1-2-10-16(14)26-18-13(7-3-5-12-24-18)17(25-26)15-9-4-6-11-23-15/h1-2,4,6,8-11,24H,3,5,7,12H2. The van der Waals surface area contributed by atoms with E-state index in [1.54, 1.807) is 18.3 Å². The van der Waals surface area contributed by atoms with Gasteiger partial charge in [-0.2, -0.15) is 18.3 Å². The van der Waals surface area contributed by atoms with Crippen molar-refractivity contribution in [1.82, 2.24) is 14.8 Å². The molecule has 0 saturated heterocycles. The van der Waals surface area contributed by atoms with E-state index in [0.717, 1.165) is 30.9 Å². The maximum Gasteiger partial charge on any atom is 0.418 e. The number of hydrogen-bond donors (Lipinski definition) is 1. The molecule has 0 spiro atoms. The molecular weight excluding hydrogens is 341 g/mol. The van der Waals surface area contributed by atoms with Crippen LogP contribution in [0.25, 0.3) is 17.1 Å². The highest BCUT2D eigenvalue weighted by Crippen LogP contribution is 2.38. The molecule has 0 aliphatic carbocycles. The number of rotatable bonds is 2. The summed E-state index contributed by atoms with van der Waals surface area (Å²) in [5.74, 6) is 0.625. The van der Waals surface area contributed by atoms with Gasteiger partial charge in [0.2, 0.25) is 0 Å². The molecule has 26 heavy (non-hydrogen) atoms. The topological polar surface area (TPSA) is 42.7 Å². The Morgan fingerprint density at radius 1 is 1.00 bits per heavy atom. The molecule has 1 N–H and O–H groups in total. The van der Waals surface area contributed by atoms with E-state index in [9.17, 15) is 13.2 Å². The van der Waals surface area contributed by atoms with Gasteiger partial charge in [-0.1, -0.05) is 18.2 Å². The predicted molar refractivity (Wildman–Crippen MR) is 93.2 cm³/mol. The van der Waals surface area contributed by atoms with E-state index in [-0.39, 0.29) is 5.69 Å². The maximum atomic E-state index is 13.5. The summed E-state index contributed by atoms with van der Waals surface area (Å²) in [4.78, 5) is 4.34. The highest BCUT2D eigenvalue weighted by molar-refractivity contribution is 5.69. The predicted octanol–water partition coefficient (Wildman–Crippen LogP) is 4.70. The molecule has 134 valence electrons. The van der Waals surface area contributed by atoms with Crippen LogP contribution in [-0.4, -0.2) is 21.3 Å². The van der Waals surface area contributed by atoms with Crippen LogP contribution in [0.4, 0.5) is 19.0 Å². The zero-order valence-corrected chi connectivity index (χ0v) is 13.9. The van der Waals surface area contributed by atoms with Crippen molar-refractivity contribution in [2.75, 3.05) is 11.9 Å². The van der Waals surface area contributed by atoms with Crippen molar-refractivity contribution in [3.63, 3.8) is 0 Å². The summed E-state index contributed by atoms with van der Waals surface area (Å²) < 4.78 is 41.9. The van der Waals surface area contributed by atoms with Crippen LogP contribution in [-0.2, 0) is 12.6 Å². The Labute approximate surface area is 148 Å². The van der Waals surface area contributed by atoms with E-state index in [1.165, 1.54) is 16.8 Å². The number of para-hydroxylation sites is 1. The molecule has 0 atom stereocenters. The second-order valence-electron chi connectivity index (χ2n) is 6.20. The number of fused-ring (bicyclic) bond motifs is 1. The minimum absolute atomic E-state index is 0.0211. The number of alkyl halides is 3. The second kappa shape index (κ2) is 6.48. The molecule has 0 fully saturated rings. The zero-order valence-electron chi connectivity index (χ0n) is 13.9. The molecule has 4 nitrogen and oxygen atoms in total. The largest absolute Gasteiger partial charge is 0.418 e. The smallest absolute Gasteiger partial charge is 0.370 e. The fourth-order valence-corrected chi connectivity index (χ4v) is 3.28. The summed E-state index contributed by atoms with van der Waals surface area (Å²) in [6.45, 7) is 0.703. The molecule has 1 aliphatic rings. The van der Waals surface area contributed by atoms with Gasteiger partial charge in [0.1, 0.15) is 11.5 Å². The Bertz CT molecular complexity index is 916. The molecule has 0 amide bonds. The van der Waals surface area contributed by atoms with Gasteiger partial charge in [0.25, 0.3) is 0 Å². The minimum atomic E-state index is -4.45. The van der Waals surface area contributed by atoms with E-state index in [1.807, 2.05) is 12.1 Å². The van der Waals surface area contributed by atoms with E-state index in [0.29, 0.717) is 23.8 Å². The first-order valence-electron chi connectivity index (χ1n) is 8.49. The van der Waals surface area contributed by atoms with Gasteiger partial charge in [0.05, 0.1) is 16.9 Å². The van der Waals surface area contributed by atoms with Gasteiger partial charge in [0.15, 0.2) is 0 Å². The lowest BCUT2D eigenvalue weighted by Crippen LogP contribution is -2.14. The Morgan fingerprint density at radius 2 is 1.81 bits per heavy atom. The molecular formula is C19H17F3N4. The molecule has 0 bridgehead atoms. The van der Waals surface area contributed by atoms with E-state index >= 15 is 0 Å². The van der Waals surface area contributed by atoms with Crippen LogP contribution in [0.2, 0.25) is 0 Å². The average molecular weight is 358 g/mol. The fourth-order valence-electron chi connectivity index (χ4n) is 3.28.